The van der Waals surface area contributed by atoms with E-state index in [0.29, 0.717) is 0 Å². The van der Waals surface area contributed by atoms with Crippen LogP contribution >= 0.6 is 15.9 Å². The molecule has 7 aromatic carbocycles. The zero-order valence-corrected chi connectivity index (χ0v) is 26.1. The summed E-state index contributed by atoms with van der Waals surface area (Å²) < 4.78 is 1.05. The van der Waals surface area contributed by atoms with Gasteiger partial charge >= 0.3 is 0 Å². The minimum absolute atomic E-state index is 0.380. The lowest BCUT2D eigenvalue weighted by atomic mass is 9.70. The summed E-state index contributed by atoms with van der Waals surface area (Å²) in [5, 5.41) is 0. The molecule has 45 heavy (non-hydrogen) atoms. The van der Waals surface area contributed by atoms with Crippen LogP contribution in [0, 0.1) is 0 Å². The van der Waals surface area contributed by atoms with E-state index in [2.05, 4.69) is 191 Å². The van der Waals surface area contributed by atoms with Crippen molar-refractivity contribution >= 4 is 33.0 Å². The van der Waals surface area contributed by atoms with Crippen LogP contribution < -0.4 is 4.90 Å². The summed E-state index contributed by atoms with van der Waals surface area (Å²) in [6, 6.07) is 62.1. The van der Waals surface area contributed by atoms with Gasteiger partial charge in [0.2, 0.25) is 0 Å². The average molecular weight is 639 g/mol. The Kier molecular flexibility index (Phi) is 5.94. The summed E-state index contributed by atoms with van der Waals surface area (Å²) in [4.78, 5) is 2.42. The number of benzene rings is 7. The van der Waals surface area contributed by atoms with Gasteiger partial charge in [-0.25, -0.2) is 0 Å². The maximum absolute atomic E-state index is 3.76. The second-order valence-corrected chi connectivity index (χ2v) is 12.7. The van der Waals surface area contributed by atoms with E-state index in [1.165, 1.54) is 61.3 Å². The Morgan fingerprint density at radius 2 is 0.933 bits per heavy atom. The predicted molar refractivity (Wildman–Crippen MR) is 191 cm³/mol. The Balaban J connectivity index is 1.33. The molecule has 0 saturated heterocycles. The van der Waals surface area contributed by atoms with Crippen LogP contribution in [0.25, 0.3) is 33.4 Å². The molecule has 0 aromatic heterocycles. The minimum Gasteiger partial charge on any atom is -0.310 e. The fraction of sp³-hybridized carbons (Fsp3) is 0.0233. The molecule has 7 aromatic rings. The zero-order chi connectivity index (χ0) is 30.0. The van der Waals surface area contributed by atoms with Crippen LogP contribution in [0.1, 0.15) is 22.3 Å². The van der Waals surface area contributed by atoms with Gasteiger partial charge in [-0.1, -0.05) is 149 Å². The number of halogens is 1. The molecule has 0 heterocycles. The molecule has 0 fully saturated rings. The van der Waals surface area contributed by atoms with Crippen molar-refractivity contribution in [3.05, 3.63) is 197 Å². The molecule has 1 spiro atoms. The molecule has 0 aliphatic heterocycles. The third kappa shape index (κ3) is 3.79. The van der Waals surface area contributed by atoms with Gasteiger partial charge in [0.1, 0.15) is 0 Å². The number of rotatable bonds is 4. The van der Waals surface area contributed by atoms with Crippen molar-refractivity contribution in [2.45, 2.75) is 5.41 Å². The van der Waals surface area contributed by atoms with Gasteiger partial charge < -0.3 is 4.90 Å². The summed E-state index contributed by atoms with van der Waals surface area (Å²) >= 11 is 3.76. The van der Waals surface area contributed by atoms with Crippen molar-refractivity contribution in [2.24, 2.45) is 0 Å². The number of nitrogens with zero attached hydrogens (tertiary/aromatic N) is 1. The van der Waals surface area contributed by atoms with E-state index in [4.69, 9.17) is 0 Å². The number of anilines is 3. The number of hydrogen-bond acceptors (Lipinski definition) is 1. The van der Waals surface area contributed by atoms with Gasteiger partial charge in [-0.15, -0.1) is 0 Å². The molecule has 0 N–H and O–H groups in total. The van der Waals surface area contributed by atoms with Gasteiger partial charge in [0.25, 0.3) is 0 Å². The molecular formula is C43H28BrN. The zero-order valence-electron chi connectivity index (χ0n) is 24.5. The van der Waals surface area contributed by atoms with Crippen molar-refractivity contribution < 1.29 is 0 Å². The van der Waals surface area contributed by atoms with Crippen molar-refractivity contribution in [1.29, 1.82) is 0 Å². The van der Waals surface area contributed by atoms with Crippen molar-refractivity contribution in [3.63, 3.8) is 0 Å². The molecular weight excluding hydrogens is 610 g/mol. The first-order valence-electron chi connectivity index (χ1n) is 15.4. The Hall–Kier alpha value is -5.18. The summed E-state index contributed by atoms with van der Waals surface area (Å²) in [6.07, 6.45) is 0. The SMILES string of the molecule is Brc1cccc(N(c2ccc(-c3ccccc3)cc2)c2cccc3c2-c2ccccc2C32c3ccccc3-c3ccccc32)c1. The fourth-order valence-corrected chi connectivity index (χ4v) is 8.17. The molecule has 2 aliphatic rings. The van der Waals surface area contributed by atoms with Gasteiger partial charge in [-0.05, 0) is 86.5 Å². The van der Waals surface area contributed by atoms with Crippen LogP contribution in [0.2, 0.25) is 0 Å². The van der Waals surface area contributed by atoms with E-state index in [0.717, 1.165) is 15.8 Å². The van der Waals surface area contributed by atoms with Gasteiger partial charge in [0, 0.05) is 21.4 Å². The Labute approximate surface area is 272 Å². The Morgan fingerprint density at radius 3 is 1.60 bits per heavy atom. The van der Waals surface area contributed by atoms with Gasteiger partial charge in [0.05, 0.1) is 11.1 Å². The molecule has 2 aliphatic carbocycles. The van der Waals surface area contributed by atoms with Crippen LogP contribution in [-0.4, -0.2) is 0 Å². The molecule has 0 unspecified atom stereocenters. The summed E-state index contributed by atoms with van der Waals surface area (Å²) in [7, 11) is 0. The van der Waals surface area contributed by atoms with Crippen LogP contribution in [-0.2, 0) is 5.41 Å². The quantitative estimate of drug-likeness (QED) is 0.185. The highest BCUT2D eigenvalue weighted by atomic mass is 79.9. The maximum atomic E-state index is 3.76. The molecule has 1 nitrogen and oxygen atoms in total. The first-order valence-corrected chi connectivity index (χ1v) is 16.2. The lowest BCUT2D eigenvalue weighted by molar-refractivity contribution is 0.794. The summed E-state index contributed by atoms with van der Waals surface area (Å²) in [5.41, 5.74) is 16.0. The van der Waals surface area contributed by atoms with Crippen LogP contribution in [0.15, 0.2) is 174 Å². The normalized spacial score (nSPS) is 13.2. The highest BCUT2D eigenvalue weighted by Crippen LogP contribution is 2.64. The smallest absolute Gasteiger partial charge is 0.0726 e. The first kappa shape index (κ1) is 26.2. The van der Waals surface area contributed by atoms with Gasteiger partial charge in [-0.3, -0.25) is 0 Å². The van der Waals surface area contributed by atoms with Crippen molar-refractivity contribution in [3.8, 4) is 33.4 Å². The number of fused-ring (bicyclic) bond motifs is 10. The molecule has 212 valence electrons. The number of hydrogen-bond donors (Lipinski definition) is 0. The largest absolute Gasteiger partial charge is 0.310 e. The molecule has 2 heteroatoms. The first-order chi connectivity index (χ1) is 22.2. The van der Waals surface area contributed by atoms with Gasteiger partial charge in [-0.2, -0.15) is 0 Å². The molecule has 0 atom stereocenters. The third-order valence-electron chi connectivity index (χ3n) is 9.54. The Morgan fingerprint density at radius 1 is 0.400 bits per heavy atom. The third-order valence-corrected chi connectivity index (χ3v) is 10.0. The van der Waals surface area contributed by atoms with E-state index < -0.39 is 0 Å². The van der Waals surface area contributed by atoms with Crippen LogP contribution in [0.5, 0.6) is 0 Å². The summed E-state index contributed by atoms with van der Waals surface area (Å²) in [5.74, 6) is 0. The molecule has 0 radical (unpaired) electrons. The second kappa shape index (κ2) is 10.2. The standard InChI is InChI=1S/C43H28BrN/c44-31-14-10-15-33(28-31)45(32-26-24-30(25-27-32)29-12-2-1-3-13-29)41-23-11-22-40-42(41)36-18-6-9-21-39(36)43(40)37-19-7-4-16-34(37)35-17-5-8-20-38(35)43/h1-28H. The van der Waals surface area contributed by atoms with E-state index in [1.807, 2.05) is 0 Å². The fourth-order valence-electron chi connectivity index (χ4n) is 7.79. The predicted octanol–water partition coefficient (Wildman–Crippen LogP) is 11.9. The maximum Gasteiger partial charge on any atom is 0.0726 e. The van der Waals surface area contributed by atoms with E-state index in [-0.39, 0.29) is 5.41 Å². The van der Waals surface area contributed by atoms with E-state index >= 15 is 0 Å². The van der Waals surface area contributed by atoms with Crippen LogP contribution in [0.4, 0.5) is 17.1 Å². The van der Waals surface area contributed by atoms with Crippen molar-refractivity contribution in [1.82, 2.24) is 0 Å². The molecule has 9 rings (SSSR count). The second-order valence-electron chi connectivity index (χ2n) is 11.8. The molecule has 0 amide bonds. The van der Waals surface area contributed by atoms with Gasteiger partial charge in [0.15, 0.2) is 0 Å². The van der Waals surface area contributed by atoms with E-state index in [1.54, 1.807) is 0 Å². The average Bonchev–Trinajstić information content (AvgIpc) is 3.57. The minimum atomic E-state index is -0.380. The lowest BCUT2D eigenvalue weighted by Crippen LogP contribution is -2.26. The highest BCUT2D eigenvalue weighted by Gasteiger charge is 2.52. The van der Waals surface area contributed by atoms with Crippen LogP contribution in [0.3, 0.4) is 0 Å². The molecule has 0 bridgehead atoms. The Bertz CT molecular complexity index is 2190. The highest BCUT2D eigenvalue weighted by molar-refractivity contribution is 9.10. The van der Waals surface area contributed by atoms with E-state index in [9.17, 15) is 0 Å². The summed E-state index contributed by atoms with van der Waals surface area (Å²) in [6.45, 7) is 0. The lowest BCUT2D eigenvalue weighted by Gasteiger charge is -2.32. The topological polar surface area (TPSA) is 3.24 Å². The van der Waals surface area contributed by atoms with Crippen molar-refractivity contribution in [2.75, 3.05) is 4.90 Å². The monoisotopic (exact) mass is 637 g/mol. The molecule has 0 saturated carbocycles.